The number of rotatable bonds is 4. The average molecular weight is 386 g/mol. The molecule has 3 aromatic heterocycles. The number of anilines is 4. The molecule has 28 heavy (non-hydrogen) atoms. The predicted molar refractivity (Wildman–Crippen MR) is 116 cm³/mol. The number of aromatic nitrogens is 4. The van der Waals surface area contributed by atoms with E-state index in [4.69, 9.17) is 4.98 Å². The van der Waals surface area contributed by atoms with Gasteiger partial charge in [-0.05, 0) is 66.8 Å². The summed E-state index contributed by atoms with van der Waals surface area (Å²) in [4.78, 5) is 9.41. The normalized spacial score (nSPS) is 11.2. The van der Waals surface area contributed by atoms with Crippen molar-refractivity contribution in [2.75, 3.05) is 10.6 Å². The number of hydrogen-bond donors (Lipinski definition) is 3. The number of thiophene rings is 1. The second-order valence-electron chi connectivity index (χ2n) is 6.83. The van der Waals surface area contributed by atoms with Crippen LogP contribution in [0, 0.1) is 13.8 Å². The summed E-state index contributed by atoms with van der Waals surface area (Å²) in [5.41, 5.74) is 6.26. The highest BCUT2D eigenvalue weighted by Gasteiger charge is 2.11. The highest BCUT2D eigenvalue weighted by Crippen LogP contribution is 2.31. The number of nitrogens with one attached hydrogen (secondary N) is 3. The third-order valence-corrected chi connectivity index (χ3v) is 5.39. The molecule has 0 amide bonds. The summed E-state index contributed by atoms with van der Waals surface area (Å²) in [6.45, 7) is 4.17. The minimum Gasteiger partial charge on any atom is -0.339 e. The zero-order valence-electron chi connectivity index (χ0n) is 15.4. The van der Waals surface area contributed by atoms with Crippen molar-refractivity contribution >= 4 is 55.6 Å². The fraction of sp³-hybridized carbons (Fsp3) is 0.0952. The van der Waals surface area contributed by atoms with Crippen molar-refractivity contribution in [1.82, 2.24) is 20.2 Å². The standard InChI is InChI=1S/C21H18N6S/c1-12-7-13(2)9-16(8-12)24-21-25-18-5-6-28-19(18)20(26-21)23-15-3-4-17-14(10-15)11-22-27-17/h3-11H,1-2H3,(H,22,27)(H2,23,24,25,26). The molecule has 5 rings (SSSR count). The Morgan fingerprint density at radius 3 is 2.61 bits per heavy atom. The first kappa shape index (κ1) is 16.7. The summed E-state index contributed by atoms with van der Waals surface area (Å²) in [5, 5.41) is 16.9. The van der Waals surface area contributed by atoms with E-state index in [9.17, 15) is 0 Å². The van der Waals surface area contributed by atoms with Gasteiger partial charge in [0.15, 0.2) is 5.82 Å². The Morgan fingerprint density at radius 1 is 0.893 bits per heavy atom. The van der Waals surface area contributed by atoms with Gasteiger partial charge in [0.05, 0.1) is 21.9 Å². The number of aryl methyl sites for hydroxylation is 2. The van der Waals surface area contributed by atoms with Crippen LogP contribution in [0.5, 0.6) is 0 Å². The SMILES string of the molecule is Cc1cc(C)cc(Nc2nc(Nc3ccc4[nH]ncc4c3)c3sccc3n2)c1. The summed E-state index contributed by atoms with van der Waals surface area (Å²) < 4.78 is 1.03. The molecule has 0 atom stereocenters. The molecule has 0 bridgehead atoms. The lowest BCUT2D eigenvalue weighted by Crippen LogP contribution is -2.01. The Labute approximate surface area is 165 Å². The van der Waals surface area contributed by atoms with Crippen LogP contribution in [0.15, 0.2) is 54.0 Å². The van der Waals surface area contributed by atoms with E-state index in [1.54, 1.807) is 11.3 Å². The molecule has 0 spiro atoms. The molecule has 0 fully saturated rings. The van der Waals surface area contributed by atoms with Crippen LogP contribution in [0.2, 0.25) is 0 Å². The minimum atomic E-state index is 0.572. The van der Waals surface area contributed by atoms with Gasteiger partial charge in [-0.15, -0.1) is 11.3 Å². The molecule has 0 saturated heterocycles. The lowest BCUT2D eigenvalue weighted by Gasteiger charge is -2.11. The molecular formula is C21H18N6S. The van der Waals surface area contributed by atoms with Crippen LogP contribution in [0.25, 0.3) is 21.1 Å². The van der Waals surface area contributed by atoms with Crippen LogP contribution in [0.4, 0.5) is 23.1 Å². The summed E-state index contributed by atoms with van der Waals surface area (Å²) in [7, 11) is 0. The van der Waals surface area contributed by atoms with Crippen molar-refractivity contribution in [3.05, 3.63) is 65.2 Å². The second kappa shape index (κ2) is 6.61. The molecule has 2 aromatic carbocycles. The molecule has 0 aliphatic rings. The Balaban J connectivity index is 1.53. The molecule has 6 nitrogen and oxygen atoms in total. The van der Waals surface area contributed by atoms with Crippen LogP contribution < -0.4 is 10.6 Å². The molecule has 0 aliphatic heterocycles. The number of benzene rings is 2. The van der Waals surface area contributed by atoms with Crippen molar-refractivity contribution in [3.8, 4) is 0 Å². The first-order chi connectivity index (χ1) is 13.6. The van der Waals surface area contributed by atoms with Crippen molar-refractivity contribution in [1.29, 1.82) is 0 Å². The van der Waals surface area contributed by atoms with E-state index < -0.39 is 0 Å². The van der Waals surface area contributed by atoms with E-state index in [2.05, 4.69) is 63.9 Å². The molecule has 3 N–H and O–H groups in total. The van der Waals surface area contributed by atoms with Gasteiger partial charge in [0.1, 0.15) is 0 Å². The number of H-pyrrole nitrogens is 1. The van der Waals surface area contributed by atoms with Gasteiger partial charge in [-0.3, -0.25) is 5.10 Å². The van der Waals surface area contributed by atoms with Crippen LogP contribution >= 0.6 is 11.3 Å². The van der Waals surface area contributed by atoms with Crippen molar-refractivity contribution in [3.63, 3.8) is 0 Å². The predicted octanol–water partition coefficient (Wildman–Crippen LogP) is 5.67. The fourth-order valence-corrected chi connectivity index (χ4v) is 4.11. The molecule has 0 radical (unpaired) electrons. The number of hydrogen-bond acceptors (Lipinski definition) is 6. The summed E-state index contributed by atoms with van der Waals surface area (Å²) >= 11 is 1.62. The van der Waals surface area contributed by atoms with Gasteiger partial charge in [0.25, 0.3) is 0 Å². The number of aromatic amines is 1. The van der Waals surface area contributed by atoms with Gasteiger partial charge in [-0.2, -0.15) is 10.1 Å². The van der Waals surface area contributed by atoms with Crippen LogP contribution in [0.3, 0.4) is 0 Å². The highest BCUT2D eigenvalue weighted by atomic mass is 32.1. The monoisotopic (exact) mass is 386 g/mol. The Hall–Kier alpha value is -3.45. The summed E-state index contributed by atoms with van der Waals surface area (Å²) in [5.74, 6) is 1.36. The maximum absolute atomic E-state index is 4.74. The maximum Gasteiger partial charge on any atom is 0.229 e. The van der Waals surface area contributed by atoms with Crippen molar-refractivity contribution in [2.24, 2.45) is 0 Å². The summed E-state index contributed by atoms with van der Waals surface area (Å²) in [6, 6.07) is 14.4. The highest BCUT2D eigenvalue weighted by molar-refractivity contribution is 7.17. The Morgan fingerprint density at radius 2 is 1.75 bits per heavy atom. The van der Waals surface area contributed by atoms with E-state index in [0.717, 1.165) is 38.3 Å². The average Bonchev–Trinajstić information content (AvgIpc) is 3.29. The minimum absolute atomic E-state index is 0.572. The van der Waals surface area contributed by atoms with E-state index in [1.165, 1.54) is 11.1 Å². The molecular weight excluding hydrogens is 368 g/mol. The van der Waals surface area contributed by atoms with Gasteiger partial charge >= 0.3 is 0 Å². The van der Waals surface area contributed by atoms with Gasteiger partial charge in [-0.1, -0.05) is 6.07 Å². The molecule has 138 valence electrons. The zero-order valence-corrected chi connectivity index (χ0v) is 16.3. The second-order valence-corrected chi connectivity index (χ2v) is 7.75. The van der Waals surface area contributed by atoms with Crippen LogP contribution in [-0.2, 0) is 0 Å². The topological polar surface area (TPSA) is 78.5 Å². The molecule has 3 heterocycles. The number of nitrogens with zero attached hydrogens (tertiary/aromatic N) is 3. The van der Waals surface area contributed by atoms with E-state index >= 15 is 0 Å². The lowest BCUT2D eigenvalue weighted by atomic mass is 10.1. The molecule has 0 aliphatic carbocycles. The third kappa shape index (κ3) is 3.16. The van der Waals surface area contributed by atoms with Crippen LogP contribution in [0.1, 0.15) is 11.1 Å². The third-order valence-electron chi connectivity index (χ3n) is 4.48. The van der Waals surface area contributed by atoms with E-state index in [0.29, 0.717) is 5.95 Å². The van der Waals surface area contributed by atoms with Crippen LogP contribution in [-0.4, -0.2) is 20.2 Å². The zero-order chi connectivity index (χ0) is 19.1. The molecule has 0 unspecified atom stereocenters. The maximum atomic E-state index is 4.74. The van der Waals surface area contributed by atoms with Gasteiger partial charge in [-0.25, -0.2) is 4.98 Å². The van der Waals surface area contributed by atoms with Gasteiger partial charge in [0, 0.05) is 16.8 Å². The van der Waals surface area contributed by atoms with Crippen molar-refractivity contribution in [2.45, 2.75) is 13.8 Å². The van der Waals surface area contributed by atoms with E-state index in [-0.39, 0.29) is 0 Å². The molecule has 5 aromatic rings. The lowest BCUT2D eigenvalue weighted by molar-refractivity contribution is 1.12. The Bertz CT molecular complexity index is 1280. The number of fused-ring (bicyclic) bond motifs is 2. The summed E-state index contributed by atoms with van der Waals surface area (Å²) in [6.07, 6.45) is 1.81. The fourth-order valence-electron chi connectivity index (χ4n) is 3.34. The molecule has 7 heteroatoms. The first-order valence-corrected chi connectivity index (χ1v) is 9.83. The Kier molecular flexibility index (Phi) is 3.95. The smallest absolute Gasteiger partial charge is 0.229 e. The molecule has 0 saturated carbocycles. The van der Waals surface area contributed by atoms with E-state index in [1.807, 2.05) is 29.8 Å². The first-order valence-electron chi connectivity index (χ1n) is 8.95. The quantitative estimate of drug-likeness (QED) is 0.371. The van der Waals surface area contributed by atoms with Gasteiger partial charge in [0.2, 0.25) is 5.95 Å². The largest absolute Gasteiger partial charge is 0.339 e. The van der Waals surface area contributed by atoms with Gasteiger partial charge < -0.3 is 10.6 Å². The van der Waals surface area contributed by atoms with Crippen molar-refractivity contribution < 1.29 is 0 Å².